The second kappa shape index (κ2) is 6.70. The van der Waals surface area contributed by atoms with Crippen molar-refractivity contribution < 1.29 is 9.47 Å². The summed E-state index contributed by atoms with van der Waals surface area (Å²) in [5.74, 6) is 0. The maximum atomic E-state index is 6.19. The quantitative estimate of drug-likeness (QED) is 0.866. The van der Waals surface area contributed by atoms with Crippen molar-refractivity contribution >= 4 is 0 Å². The standard InChI is InChI=1S/C17H25NO2/c1-2-9-18-17-15-8-4-3-6-13(15)11-16(17)20-12-14-7-5-10-19-14/h3-4,6,8,14,16-18H,2,5,7,9-12H2,1H3. The third-order valence-corrected chi connectivity index (χ3v) is 4.32. The maximum absolute atomic E-state index is 6.19. The monoisotopic (exact) mass is 275 g/mol. The molecule has 0 aromatic heterocycles. The minimum atomic E-state index is 0.253. The van der Waals surface area contributed by atoms with Crippen molar-refractivity contribution in [3.8, 4) is 0 Å². The molecule has 110 valence electrons. The Balaban J connectivity index is 1.63. The average Bonchev–Trinajstić information content (AvgIpc) is 3.10. The van der Waals surface area contributed by atoms with Crippen molar-refractivity contribution in [2.24, 2.45) is 0 Å². The van der Waals surface area contributed by atoms with E-state index < -0.39 is 0 Å². The Kier molecular flexibility index (Phi) is 4.71. The fourth-order valence-corrected chi connectivity index (χ4v) is 3.26. The molecule has 3 heteroatoms. The van der Waals surface area contributed by atoms with Crippen molar-refractivity contribution in [1.82, 2.24) is 5.32 Å². The van der Waals surface area contributed by atoms with E-state index in [-0.39, 0.29) is 6.10 Å². The van der Waals surface area contributed by atoms with Gasteiger partial charge in [0, 0.05) is 13.0 Å². The van der Waals surface area contributed by atoms with Crippen molar-refractivity contribution in [3.63, 3.8) is 0 Å². The largest absolute Gasteiger partial charge is 0.376 e. The third-order valence-electron chi connectivity index (χ3n) is 4.32. The Bertz CT molecular complexity index is 429. The molecule has 0 radical (unpaired) electrons. The first-order valence-corrected chi connectivity index (χ1v) is 7.93. The van der Waals surface area contributed by atoms with Gasteiger partial charge in [-0.2, -0.15) is 0 Å². The highest BCUT2D eigenvalue weighted by atomic mass is 16.5. The molecule has 2 aliphatic rings. The summed E-state index contributed by atoms with van der Waals surface area (Å²) in [6, 6.07) is 9.05. The summed E-state index contributed by atoms with van der Waals surface area (Å²) >= 11 is 0. The van der Waals surface area contributed by atoms with Gasteiger partial charge in [-0.15, -0.1) is 0 Å². The topological polar surface area (TPSA) is 30.5 Å². The van der Waals surface area contributed by atoms with Crippen molar-refractivity contribution in [2.45, 2.75) is 50.9 Å². The lowest BCUT2D eigenvalue weighted by Crippen LogP contribution is -2.33. The minimum absolute atomic E-state index is 0.253. The first-order chi connectivity index (χ1) is 9.88. The van der Waals surface area contributed by atoms with Gasteiger partial charge >= 0.3 is 0 Å². The van der Waals surface area contributed by atoms with Crippen LogP contribution in [0.2, 0.25) is 0 Å². The molecule has 1 aromatic rings. The lowest BCUT2D eigenvalue weighted by atomic mass is 10.1. The van der Waals surface area contributed by atoms with E-state index in [1.54, 1.807) is 0 Å². The molecular weight excluding hydrogens is 250 g/mol. The molecule has 1 N–H and O–H groups in total. The van der Waals surface area contributed by atoms with Crippen LogP contribution in [0.1, 0.15) is 43.4 Å². The summed E-state index contributed by atoms with van der Waals surface area (Å²) in [6.45, 7) is 4.88. The molecule has 1 fully saturated rings. The smallest absolute Gasteiger partial charge is 0.0811 e. The van der Waals surface area contributed by atoms with E-state index in [0.717, 1.165) is 39.0 Å². The van der Waals surface area contributed by atoms with Gasteiger partial charge in [0.25, 0.3) is 0 Å². The molecule has 0 spiro atoms. The average molecular weight is 275 g/mol. The summed E-state index contributed by atoms with van der Waals surface area (Å²) in [5.41, 5.74) is 2.84. The van der Waals surface area contributed by atoms with Gasteiger partial charge in [-0.25, -0.2) is 0 Å². The number of fused-ring (bicyclic) bond motifs is 1. The van der Waals surface area contributed by atoms with Gasteiger partial charge < -0.3 is 14.8 Å². The van der Waals surface area contributed by atoms with Crippen LogP contribution in [-0.2, 0) is 15.9 Å². The van der Waals surface area contributed by atoms with Gasteiger partial charge in [-0.1, -0.05) is 31.2 Å². The molecule has 1 aliphatic carbocycles. The second-order valence-electron chi connectivity index (χ2n) is 5.84. The van der Waals surface area contributed by atoms with Crippen LogP contribution in [0.15, 0.2) is 24.3 Å². The molecule has 3 atom stereocenters. The van der Waals surface area contributed by atoms with Crippen LogP contribution >= 0.6 is 0 Å². The Hall–Kier alpha value is -0.900. The number of rotatable bonds is 6. The van der Waals surface area contributed by atoms with Gasteiger partial charge in [0.2, 0.25) is 0 Å². The molecule has 1 saturated heterocycles. The van der Waals surface area contributed by atoms with Gasteiger partial charge in [0.1, 0.15) is 0 Å². The highest BCUT2D eigenvalue weighted by Gasteiger charge is 2.33. The SMILES string of the molecule is CCCNC1c2ccccc2CC1OCC1CCCO1. The fraction of sp³-hybridized carbons (Fsp3) is 0.647. The van der Waals surface area contributed by atoms with E-state index in [4.69, 9.17) is 9.47 Å². The maximum Gasteiger partial charge on any atom is 0.0811 e. The predicted molar refractivity (Wildman–Crippen MR) is 79.9 cm³/mol. The Morgan fingerprint density at radius 2 is 2.25 bits per heavy atom. The summed E-state index contributed by atoms with van der Waals surface area (Å²) in [7, 11) is 0. The van der Waals surface area contributed by atoms with E-state index in [1.807, 2.05) is 0 Å². The Labute approximate surface area is 121 Å². The van der Waals surface area contributed by atoms with Crippen molar-refractivity contribution in [2.75, 3.05) is 19.8 Å². The van der Waals surface area contributed by atoms with E-state index in [1.165, 1.54) is 17.5 Å². The molecule has 20 heavy (non-hydrogen) atoms. The van der Waals surface area contributed by atoms with Crippen LogP contribution in [-0.4, -0.2) is 32.0 Å². The van der Waals surface area contributed by atoms with Crippen LogP contribution in [0.3, 0.4) is 0 Å². The highest BCUT2D eigenvalue weighted by Crippen LogP contribution is 2.33. The van der Waals surface area contributed by atoms with Crippen LogP contribution in [0.25, 0.3) is 0 Å². The summed E-state index contributed by atoms with van der Waals surface area (Å²) in [4.78, 5) is 0. The molecule has 1 aromatic carbocycles. The summed E-state index contributed by atoms with van der Waals surface area (Å²) in [6.07, 6.45) is 5.05. The second-order valence-corrected chi connectivity index (χ2v) is 5.84. The predicted octanol–water partition coefficient (Wildman–Crippen LogP) is 2.85. The molecule has 0 saturated carbocycles. The first-order valence-electron chi connectivity index (χ1n) is 7.93. The lowest BCUT2D eigenvalue weighted by molar-refractivity contribution is -0.0292. The van der Waals surface area contributed by atoms with E-state index in [2.05, 4.69) is 36.5 Å². The Morgan fingerprint density at radius 3 is 3.05 bits per heavy atom. The van der Waals surface area contributed by atoms with Crippen LogP contribution in [0, 0.1) is 0 Å². The molecule has 0 amide bonds. The fourth-order valence-electron chi connectivity index (χ4n) is 3.26. The molecule has 3 rings (SSSR count). The number of benzene rings is 1. The number of nitrogens with one attached hydrogen (secondary N) is 1. The zero-order valence-corrected chi connectivity index (χ0v) is 12.3. The molecule has 1 heterocycles. The van der Waals surface area contributed by atoms with Crippen molar-refractivity contribution in [1.29, 1.82) is 0 Å². The number of hydrogen-bond acceptors (Lipinski definition) is 3. The van der Waals surface area contributed by atoms with Gasteiger partial charge in [-0.3, -0.25) is 0 Å². The Morgan fingerprint density at radius 1 is 1.35 bits per heavy atom. The highest BCUT2D eigenvalue weighted by molar-refractivity contribution is 5.36. The normalized spacial score (nSPS) is 28.8. The van der Waals surface area contributed by atoms with Gasteiger partial charge in [0.15, 0.2) is 0 Å². The van der Waals surface area contributed by atoms with E-state index in [0.29, 0.717) is 12.1 Å². The van der Waals surface area contributed by atoms with E-state index >= 15 is 0 Å². The molecule has 1 aliphatic heterocycles. The van der Waals surface area contributed by atoms with Crippen molar-refractivity contribution in [3.05, 3.63) is 35.4 Å². The number of hydrogen-bond donors (Lipinski definition) is 1. The summed E-state index contributed by atoms with van der Waals surface area (Å²) < 4.78 is 11.9. The van der Waals surface area contributed by atoms with Gasteiger partial charge in [0.05, 0.1) is 24.9 Å². The first kappa shape index (κ1) is 14.1. The molecular formula is C17H25NO2. The number of ether oxygens (including phenoxy) is 2. The summed E-state index contributed by atoms with van der Waals surface area (Å²) in [5, 5.41) is 3.65. The minimum Gasteiger partial charge on any atom is -0.376 e. The van der Waals surface area contributed by atoms with Crippen LogP contribution in [0.5, 0.6) is 0 Å². The van der Waals surface area contributed by atoms with E-state index in [9.17, 15) is 0 Å². The zero-order chi connectivity index (χ0) is 13.8. The lowest BCUT2D eigenvalue weighted by Gasteiger charge is -2.23. The van der Waals surface area contributed by atoms with Gasteiger partial charge in [-0.05, 0) is 36.9 Å². The third kappa shape index (κ3) is 3.05. The molecule has 3 nitrogen and oxygen atoms in total. The van der Waals surface area contributed by atoms with Crippen LogP contribution < -0.4 is 5.32 Å². The molecule has 0 bridgehead atoms. The van der Waals surface area contributed by atoms with Crippen LogP contribution in [0.4, 0.5) is 0 Å². The zero-order valence-electron chi connectivity index (χ0n) is 12.3. The molecule has 3 unspecified atom stereocenters.